The molecular weight excluding hydrogens is 541 g/mol. The first-order valence-electron chi connectivity index (χ1n) is 17.6. The SMILES string of the molecule is [2H]c1cc(C([2H])([2H])C(C)(C)C)cc(-c2c(C)ccc3c2oc2c(-c4ccc(-c5cccc(C6([2H])CCCC6)c5)cc4)c(F)ccc23)[n+]1C. The van der Waals surface area contributed by atoms with Gasteiger partial charge < -0.3 is 4.42 Å². The van der Waals surface area contributed by atoms with E-state index in [1.807, 2.05) is 76.2 Å². The Labute approximate surface area is 265 Å². The lowest BCUT2D eigenvalue weighted by atomic mass is 9.88. The minimum absolute atomic E-state index is 0.182. The highest BCUT2D eigenvalue weighted by atomic mass is 19.1. The zero-order valence-electron chi connectivity index (χ0n) is 30.1. The van der Waals surface area contributed by atoms with Crippen LogP contribution < -0.4 is 4.57 Å². The quantitative estimate of drug-likeness (QED) is 0.184. The van der Waals surface area contributed by atoms with Crippen molar-refractivity contribution >= 4 is 21.9 Å². The van der Waals surface area contributed by atoms with Crippen LogP contribution in [-0.2, 0) is 13.4 Å². The molecule has 0 unspecified atom stereocenters. The normalized spacial score (nSPS) is 16.6. The number of hydrogen-bond donors (Lipinski definition) is 0. The van der Waals surface area contributed by atoms with E-state index in [4.69, 9.17) is 9.90 Å². The van der Waals surface area contributed by atoms with Gasteiger partial charge in [-0.25, -0.2) is 8.96 Å². The Morgan fingerprint density at radius 3 is 2.27 bits per heavy atom. The van der Waals surface area contributed by atoms with Crippen LogP contribution in [0.25, 0.3) is 55.4 Å². The lowest BCUT2D eigenvalue weighted by Gasteiger charge is -2.18. The third-order valence-corrected chi connectivity index (χ3v) is 8.79. The summed E-state index contributed by atoms with van der Waals surface area (Å²) in [6.45, 7) is 7.55. The summed E-state index contributed by atoms with van der Waals surface area (Å²) in [5.74, 6) is -0.905. The van der Waals surface area contributed by atoms with Crippen molar-refractivity contribution in [3.8, 4) is 33.5 Å². The summed E-state index contributed by atoms with van der Waals surface area (Å²) in [5, 5.41) is 1.61. The zero-order valence-corrected chi connectivity index (χ0v) is 26.1. The van der Waals surface area contributed by atoms with Crippen molar-refractivity contribution in [1.82, 2.24) is 0 Å². The molecule has 1 aliphatic carbocycles. The van der Waals surface area contributed by atoms with Gasteiger partial charge in [0.1, 0.15) is 25.4 Å². The van der Waals surface area contributed by atoms with Crippen LogP contribution in [0.15, 0.2) is 95.5 Å². The zero-order chi connectivity index (χ0) is 34.2. The standard InChI is InChI=1S/C41H41FNO/c1-26-13-18-33-34-19-20-35(42)38(30-16-14-29(15-17-30)32-12-8-11-31(24-32)28-9-6-7-10-28)40(34)44-39(33)37(26)36-23-27(21-22-43(36)5)25-41(2,3)4/h8,11-24,28H,6-7,9-10,25H2,1-5H3/q+1/i22D,25D2,28D. The molecule has 7 rings (SSSR count). The maximum Gasteiger partial charge on any atom is 0.216 e. The third-order valence-electron chi connectivity index (χ3n) is 8.79. The fourth-order valence-electron chi connectivity index (χ4n) is 6.67. The van der Waals surface area contributed by atoms with Crippen LogP contribution in [0.1, 0.15) is 74.5 Å². The number of aromatic nitrogens is 1. The fraction of sp³-hybridized carbons (Fsp3) is 0.293. The molecule has 222 valence electrons. The van der Waals surface area contributed by atoms with Gasteiger partial charge in [-0.2, -0.15) is 0 Å². The molecule has 0 N–H and O–H groups in total. The first-order valence-corrected chi connectivity index (χ1v) is 15.6. The Morgan fingerprint density at radius 2 is 1.55 bits per heavy atom. The molecule has 0 radical (unpaired) electrons. The Kier molecular flexibility index (Phi) is 6.05. The molecular formula is C41H41FNO+. The summed E-state index contributed by atoms with van der Waals surface area (Å²) in [7, 11) is 1.80. The monoisotopic (exact) mass is 586 g/mol. The van der Waals surface area contributed by atoms with Crippen molar-refractivity contribution in [2.24, 2.45) is 12.5 Å². The molecule has 2 heterocycles. The highest BCUT2D eigenvalue weighted by molar-refractivity contribution is 6.13. The Balaban J connectivity index is 1.36. The summed E-state index contributed by atoms with van der Waals surface area (Å²) in [4.78, 5) is 0. The van der Waals surface area contributed by atoms with E-state index in [0.29, 0.717) is 33.6 Å². The van der Waals surface area contributed by atoms with Gasteiger partial charge in [-0.1, -0.05) is 94.3 Å². The van der Waals surface area contributed by atoms with E-state index in [2.05, 4.69) is 18.2 Å². The van der Waals surface area contributed by atoms with Gasteiger partial charge in [-0.05, 0) is 83.0 Å². The molecule has 2 aromatic heterocycles. The van der Waals surface area contributed by atoms with Gasteiger partial charge >= 0.3 is 0 Å². The van der Waals surface area contributed by atoms with E-state index >= 15 is 4.39 Å². The van der Waals surface area contributed by atoms with Crippen LogP contribution in [-0.4, -0.2) is 0 Å². The lowest BCUT2D eigenvalue weighted by molar-refractivity contribution is -0.660. The predicted octanol–water partition coefficient (Wildman–Crippen LogP) is 11.1. The molecule has 1 saturated carbocycles. The second-order valence-electron chi connectivity index (χ2n) is 13.2. The minimum atomic E-state index is -1.69. The maximum atomic E-state index is 15.8. The van der Waals surface area contributed by atoms with E-state index in [1.165, 1.54) is 6.07 Å². The average molecular weight is 587 g/mol. The van der Waals surface area contributed by atoms with Gasteiger partial charge in [0, 0.05) is 27.0 Å². The van der Waals surface area contributed by atoms with Crippen molar-refractivity contribution < 1.29 is 18.9 Å². The minimum Gasteiger partial charge on any atom is -0.454 e. The fourth-order valence-corrected chi connectivity index (χ4v) is 6.67. The first kappa shape index (κ1) is 24.1. The molecule has 2 nitrogen and oxygen atoms in total. The lowest BCUT2D eigenvalue weighted by Crippen LogP contribution is -2.31. The van der Waals surface area contributed by atoms with Crippen molar-refractivity contribution in [3.63, 3.8) is 0 Å². The third kappa shape index (κ3) is 5.23. The molecule has 1 fully saturated rings. The topological polar surface area (TPSA) is 17.0 Å². The number of nitrogens with zero attached hydrogens (tertiary/aromatic N) is 1. The molecule has 3 heteroatoms. The van der Waals surface area contributed by atoms with Crippen molar-refractivity contribution in [3.05, 3.63) is 114 Å². The number of hydrogen-bond acceptors (Lipinski definition) is 1. The van der Waals surface area contributed by atoms with Crippen LogP contribution in [0.4, 0.5) is 4.39 Å². The van der Waals surface area contributed by atoms with Gasteiger partial charge in [0.05, 0.1) is 11.1 Å². The summed E-state index contributed by atoms with van der Waals surface area (Å²) in [5.41, 5.74) is 7.25. The molecule has 1 aliphatic rings. The number of halogens is 1. The van der Waals surface area contributed by atoms with Gasteiger partial charge in [-0.3, -0.25) is 0 Å². The summed E-state index contributed by atoms with van der Waals surface area (Å²) in [6, 6.07) is 26.8. The number of fused-ring (bicyclic) bond motifs is 3. The molecule has 0 saturated heterocycles. The van der Waals surface area contributed by atoms with E-state index in [-0.39, 0.29) is 12.0 Å². The molecule has 44 heavy (non-hydrogen) atoms. The molecule has 0 amide bonds. The summed E-state index contributed by atoms with van der Waals surface area (Å²) >= 11 is 0. The van der Waals surface area contributed by atoms with Crippen LogP contribution in [0.3, 0.4) is 0 Å². The number of rotatable bonds is 5. The molecule has 6 aromatic rings. The highest BCUT2D eigenvalue weighted by Gasteiger charge is 2.24. The van der Waals surface area contributed by atoms with Crippen LogP contribution in [0.5, 0.6) is 0 Å². The van der Waals surface area contributed by atoms with Crippen molar-refractivity contribution in [2.45, 2.75) is 65.6 Å². The summed E-state index contributed by atoms with van der Waals surface area (Å²) < 4.78 is 59.7. The van der Waals surface area contributed by atoms with Crippen molar-refractivity contribution in [2.75, 3.05) is 0 Å². The molecule has 0 spiro atoms. The number of pyridine rings is 1. The number of furan rings is 1. The van der Waals surface area contributed by atoms with Crippen LogP contribution in [0.2, 0.25) is 0 Å². The predicted molar refractivity (Wildman–Crippen MR) is 180 cm³/mol. The van der Waals surface area contributed by atoms with Gasteiger partial charge in [0.25, 0.3) is 0 Å². The summed E-state index contributed by atoms with van der Waals surface area (Å²) in [6.07, 6.45) is 2.44. The van der Waals surface area contributed by atoms with Gasteiger partial charge in [-0.15, -0.1) is 0 Å². The highest BCUT2D eigenvalue weighted by Crippen LogP contribution is 2.42. The Hall–Kier alpha value is -4.24. The number of aryl methyl sites for hydroxylation is 1. The van der Waals surface area contributed by atoms with Crippen LogP contribution >= 0.6 is 0 Å². The second-order valence-corrected chi connectivity index (χ2v) is 13.2. The average Bonchev–Trinajstić information content (AvgIpc) is 3.66. The van der Waals surface area contributed by atoms with Crippen molar-refractivity contribution in [1.29, 1.82) is 0 Å². The smallest absolute Gasteiger partial charge is 0.216 e. The first-order chi connectivity index (χ1) is 22.7. The molecule has 0 aliphatic heterocycles. The van der Waals surface area contributed by atoms with Gasteiger partial charge in [0.2, 0.25) is 5.69 Å². The van der Waals surface area contributed by atoms with E-state index in [0.717, 1.165) is 64.3 Å². The molecule has 0 bridgehead atoms. The van der Waals surface area contributed by atoms with Gasteiger partial charge in [0.15, 0.2) is 6.17 Å². The maximum absolute atomic E-state index is 15.8. The van der Waals surface area contributed by atoms with E-state index < -0.39 is 17.7 Å². The Morgan fingerprint density at radius 1 is 0.864 bits per heavy atom. The van der Waals surface area contributed by atoms with E-state index in [9.17, 15) is 0 Å². The second kappa shape index (κ2) is 11.0. The Bertz CT molecular complexity index is 2210. The number of benzene rings is 4. The van der Waals surface area contributed by atoms with E-state index in [1.54, 1.807) is 23.7 Å². The largest absolute Gasteiger partial charge is 0.454 e. The molecule has 0 atom stereocenters. The molecule has 4 aromatic carbocycles. The van der Waals surface area contributed by atoms with Crippen LogP contribution in [0, 0.1) is 18.2 Å².